The van der Waals surface area contributed by atoms with Crippen molar-refractivity contribution in [2.24, 2.45) is 13.0 Å². The molecule has 1 fully saturated rings. The van der Waals surface area contributed by atoms with E-state index in [0.29, 0.717) is 13.0 Å². The molecule has 108 valence electrons. The van der Waals surface area contributed by atoms with Crippen molar-refractivity contribution < 1.29 is 8.42 Å². The maximum absolute atomic E-state index is 11.9. The number of nitrogens with zero attached hydrogens (tertiary/aromatic N) is 3. The third-order valence-electron chi connectivity index (χ3n) is 3.33. The van der Waals surface area contributed by atoms with E-state index in [0.717, 1.165) is 31.8 Å². The van der Waals surface area contributed by atoms with Gasteiger partial charge in [0.2, 0.25) is 10.0 Å². The van der Waals surface area contributed by atoms with Crippen molar-refractivity contribution in [2.75, 3.05) is 25.4 Å². The predicted octanol–water partition coefficient (Wildman–Crippen LogP) is -0.723. The molecular weight excluding hydrogens is 266 g/mol. The highest BCUT2D eigenvalue weighted by molar-refractivity contribution is 7.89. The topological polar surface area (TPSA) is 88.9 Å². The molecule has 1 unspecified atom stereocenters. The molecule has 0 spiro atoms. The Balaban J connectivity index is 1.76. The second kappa shape index (κ2) is 6.44. The normalized spacial score (nSPS) is 20.6. The average Bonchev–Trinajstić information content (AvgIpc) is 2.76. The fraction of sp³-hybridized carbons (Fsp3) is 0.818. The first kappa shape index (κ1) is 14.4. The number of nitrogens with one attached hydrogen (secondary N) is 2. The van der Waals surface area contributed by atoms with Crippen LogP contribution in [0.15, 0.2) is 6.33 Å². The van der Waals surface area contributed by atoms with Crippen LogP contribution in [0.3, 0.4) is 0 Å². The summed E-state index contributed by atoms with van der Waals surface area (Å²) in [4.78, 5) is 0. The van der Waals surface area contributed by atoms with Crippen LogP contribution in [-0.2, 0) is 23.5 Å². The summed E-state index contributed by atoms with van der Waals surface area (Å²) in [5.74, 6) is 1.21. The molecule has 0 aromatic carbocycles. The lowest BCUT2D eigenvalue weighted by Gasteiger charge is -2.22. The van der Waals surface area contributed by atoms with Crippen LogP contribution < -0.4 is 10.0 Å². The van der Waals surface area contributed by atoms with E-state index in [1.165, 1.54) is 0 Å². The third-order valence-corrected chi connectivity index (χ3v) is 4.88. The standard InChI is InChI=1S/C11H21N5O2S/c1-16-9-13-15-11(16)4-6-14-19(17,18)8-10-3-2-5-12-7-10/h9-10,12,14H,2-8H2,1H3. The van der Waals surface area contributed by atoms with E-state index in [4.69, 9.17) is 0 Å². The molecule has 1 aromatic rings. The van der Waals surface area contributed by atoms with Crippen molar-refractivity contribution in [2.45, 2.75) is 19.3 Å². The van der Waals surface area contributed by atoms with Gasteiger partial charge in [-0.1, -0.05) is 0 Å². The summed E-state index contributed by atoms with van der Waals surface area (Å²) in [6.07, 6.45) is 4.20. The lowest BCUT2D eigenvalue weighted by molar-refractivity contribution is 0.402. The van der Waals surface area contributed by atoms with Crippen molar-refractivity contribution in [3.8, 4) is 0 Å². The van der Waals surface area contributed by atoms with Crippen molar-refractivity contribution >= 4 is 10.0 Å². The Morgan fingerprint density at radius 1 is 1.58 bits per heavy atom. The summed E-state index contributed by atoms with van der Waals surface area (Å²) in [5, 5.41) is 10.9. The first-order valence-electron chi connectivity index (χ1n) is 6.58. The maximum atomic E-state index is 11.9. The highest BCUT2D eigenvalue weighted by atomic mass is 32.2. The summed E-state index contributed by atoms with van der Waals surface area (Å²) >= 11 is 0. The van der Waals surface area contributed by atoms with E-state index < -0.39 is 10.0 Å². The molecule has 1 aromatic heterocycles. The number of sulfonamides is 1. The molecule has 7 nitrogen and oxygen atoms in total. The molecule has 2 rings (SSSR count). The summed E-state index contributed by atoms with van der Waals surface area (Å²) in [5.41, 5.74) is 0. The van der Waals surface area contributed by atoms with Gasteiger partial charge in [0.05, 0.1) is 5.75 Å². The molecule has 0 amide bonds. The fourth-order valence-electron chi connectivity index (χ4n) is 2.29. The SMILES string of the molecule is Cn1cnnc1CCNS(=O)(=O)CC1CCCNC1. The van der Waals surface area contributed by atoms with E-state index in [1.807, 2.05) is 7.05 Å². The number of aryl methyl sites for hydroxylation is 1. The first-order chi connectivity index (χ1) is 9.07. The van der Waals surface area contributed by atoms with Gasteiger partial charge in [-0.05, 0) is 31.8 Å². The van der Waals surface area contributed by atoms with Gasteiger partial charge in [-0.15, -0.1) is 10.2 Å². The largest absolute Gasteiger partial charge is 0.321 e. The maximum Gasteiger partial charge on any atom is 0.211 e. The molecule has 1 atom stereocenters. The van der Waals surface area contributed by atoms with Crippen molar-refractivity contribution in [3.05, 3.63) is 12.2 Å². The second-order valence-corrected chi connectivity index (χ2v) is 6.85. The zero-order valence-electron chi connectivity index (χ0n) is 11.2. The van der Waals surface area contributed by atoms with Crippen LogP contribution in [-0.4, -0.2) is 48.6 Å². The van der Waals surface area contributed by atoms with E-state index in [9.17, 15) is 8.42 Å². The van der Waals surface area contributed by atoms with Gasteiger partial charge in [0.1, 0.15) is 12.2 Å². The molecule has 0 radical (unpaired) electrons. The summed E-state index contributed by atoms with van der Waals surface area (Å²) in [6, 6.07) is 0. The van der Waals surface area contributed by atoms with E-state index in [2.05, 4.69) is 20.2 Å². The fourth-order valence-corrected chi connectivity index (χ4v) is 3.72. The first-order valence-corrected chi connectivity index (χ1v) is 8.23. The minimum atomic E-state index is -3.19. The van der Waals surface area contributed by atoms with Gasteiger partial charge in [-0.25, -0.2) is 13.1 Å². The minimum Gasteiger partial charge on any atom is -0.321 e. The number of aromatic nitrogens is 3. The lowest BCUT2D eigenvalue weighted by Crippen LogP contribution is -2.38. The Kier molecular flexibility index (Phi) is 4.89. The summed E-state index contributed by atoms with van der Waals surface area (Å²) in [7, 11) is -1.35. The Morgan fingerprint density at radius 3 is 3.05 bits per heavy atom. The van der Waals surface area contributed by atoms with Crippen LogP contribution in [0.2, 0.25) is 0 Å². The molecular formula is C11H21N5O2S. The number of piperidine rings is 1. The summed E-state index contributed by atoms with van der Waals surface area (Å²) in [6.45, 7) is 2.16. The van der Waals surface area contributed by atoms with Gasteiger partial charge in [-0.3, -0.25) is 0 Å². The number of hydrogen-bond acceptors (Lipinski definition) is 5. The second-order valence-electron chi connectivity index (χ2n) is 5.00. The zero-order valence-corrected chi connectivity index (χ0v) is 12.0. The van der Waals surface area contributed by atoms with Crippen LogP contribution in [0.4, 0.5) is 0 Å². The zero-order chi connectivity index (χ0) is 13.7. The third kappa shape index (κ3) is 4.55. The van der Waals surface area contributed by atoms with Crippen molar-refractivity contribution in [1.82, 2.24) is 24.8 Å². The van der Waals surface area contributed by atoms with Gasteiger partial charge < -0.3 is 9.88 Å². The number of hydrogen-bond donors (Lipinski definition) is 2. The highest BCUT2D eigenvalue weighted by Gasteiger charge is 2.20. The lowest BCUT2D eigenvalue weighted by atomic mass is 10.0. The smallest absolute Gasteiger partial charge is 0.211 e. The number of rotatable bonds is 6. The van der Waals surface area contributed by atoms with E-state index in [1.54, 1.807) is 10.9 Å². The Labute approximate surface area is 113 Å². The molecule has 0 aliphatic carbocycles. The highest BCUT2D eigenvalue weighted by Crippen LogP contribution is 2.11. The monoisotopic (exact) mass is 287 g/mol. The van der Waals surface area contributed by atoms with E-state index in [-0.39, 0.29) is 11.7 Å². The Morgan fingerprint density at radius 2 is 2.42 bits per heavy atom. The van der Waals surface area contributed by atoms with Crippen LogP contribution >= 0.6 is 0 Å². The van der Waals surface area contributed by atoms with Crippen molar-refractivity contribution in [1.29, 1.82) is 0 Å². The van der Waals surface area contributed by atoms with Gasteiger partial charge >= 0.3 is 0 Å². The van der Waals surface area contributed by atoms with Crippen LogP contribution in [0.1, 0.15) is 18.7 Å². The predicted molar refractivity (Wildman–Crippen MR) is 72.1 cm³/mol. The van der Waals surface area contributed by atoms with Crippen LogP contribution in [0, 0.1) is 5.92 Å². The van der Waals surface area contributed by atoms with Crippen LogP contribution in [0.25, 0.3) is 0 Å². The Hall–Kier alpha value is -0.990. The molecule has 1 aliphatic rings. The minimum absolute atomic E-state index is 0.207. The summed E-state index contributed by atoms with van der Waals surface area (Å²) < 4.78 is 28.3. The van der Waals surface area contributed by atoms with Gasteiger partial charge in [0.25, 0.3) is 0 Å². The van der Waals surface area contributed by atoms with Crippen LogP contribution in [0.5, 0.6) is 0 Å². The quantitative estimate of drug-likeness (QED) is 0.720. The van der Waals surface area contributed by atoms with Crippen molar-refractivity contribution in [3.63, 3.8) is 0 Å². The molecule has 1 saturated heterocycles. The van der Waals surface area contributed by atoms with Gasteiger partial charge in [-0.2, -0.15) is 0 Å². The molecule has 0 bridgehead atoms. The van der Waals surface area contributed by atoms with E-state index >= 15 is 0 Å². The molecule has 8 heteroatoms. The molecule has 2 N–H and O–H groups in total. The molecule has 2 heterocycles. The van der Waals surface area contributed by atoms with Gasteiger partial charge in [0, 0.05) is 20.0 Å². The van der Waals surface area contributed by atoms with Gasteiger partial charge in [0.15, 0.2) is 0 Å². The Bertz CT molecular complexity index is 493. The molecule has 0 saturated carbocycles. The molecule has 1 aliphatic heterocycles. The molecule has 19 heavy (non-hydrogen) atoms. The average molecular weight is 287 g/mol.